The van der Waals surface area contributed by atoms with Crippen molar-refractivity contribution in [3.05, 3.63) is 107 Å². The minimum absolute atomic E-state index is 0.0927. The summed E-state index contributed by atoms with van der Waals surface area (Å²) >= 11 is 0. The molecule has 0 bridgehead atoms. The lowest BCUT2D eigenvalue weighted by molar-refractivity contribution is -0.124. The van der Waals surface area contributed by atoms with E-state index >= 15 is 4.39 Å². The summed E-state index contributed by atoms with van der Waals surface area (Å²) < 4.78 is 29.0. The molecule has 0 aromatic heterocycles. The van der Waals surface area contributed by atoms with Gasteiger partial charge in [0.25, 0.3) is 5.91 Å². The molecule has 2 aliphatic rings. The van der Waals surface area contributed by atoms with Crippen molar-refractivity contribution in [2.75, 3.05) is 6.54 Å². The second-order valence-electron chi connectivity index (χ2n) is 9.35. The van der Waals surface area contributed by atoms with Gasteiger partial charge in [-0.05, 0) is 42.5 Å². The smallest absolute Gasteiger partial charge is 0.254 e. The van der Waals surface area contributed by atoms with Gasteiger partial charge < -0.3 is 10.2 Å². The minimum atomic E-state index is -0.849. The summed E-state index contributed by atoms with van der Waals surface area (Å²) in [5, 5.41) is 3.02. The summed E-state index contributed by atoms with van der Waals surface area (Å²) in [4.78, 5) is 29.2. The molecule has 180 valence electrons. The monoisotopic (exact) mass is 474 g/mol. The molecule has 1 N–H and O–H groups in total. The van der Waals surface area contributed by atoms with Crippen LogP contribution in [0.25, 0.3) is 0 Å². The van der Waals surface area contributed by atoms with Crippen molar-refractivity contribution < 1.29 is 18.4 Å². The number of nitrogens with zero attached hydrogens (tertiary/aromatic N) is 1. The van der Waals surface area contributed by atoms with Crippen LogP contribution in [0.4, 0.5) is 8.78 Å². The Bertz CT molecular complexity index is 1220. The zero-order valence-corrected chi connectivity index (χ0v) is 19.4. The van der Waals surface area contributed by atoms with E-state index in [1.165, 1.54) is 12.1 Å². The van der Waals surface area contributed by atoms with Gasteiger partial charge in [-0.3, -0.25) is 9.59 Å². The van der Waals surface area contributed by atoms with Gasteiger partial charge in [0.1, 0.15) is 11.6 Å². The van der Waals surface area contributed by atoms with Gasteiger partial charge >= 0.3 is 0 Å². The zero-order chi connectivity index (χ0) is 24.4. The molecule has 2 amide bonds. The zero-order valence-electron chi connectivity index (χ0n) is 19.4. The van der Waals surface area contributed by atoms with Gasteiger partial charge in [0, 0.05) is 29.8 Å². The maximum absolute atomic E-state index is 15.2. The first-order valence-corrected chi connectivity index (χ1v) is 12.2. The van der Waals surface area contributed by atoms with E-state index in [0.717, 1.165) is 37.3 Å². The SMILES string of the molecule is O=C(NCCc1ccccc1)[C@@H]1c2ccccc2C(=O)N(C2CCCC2)[C@H]1c1ccc(F)cc1F. The minimum Gasteiger partial charge on any atom is -0.355 e. The first-order chi connectivity index (χ1) is 17.0. The highest BCUT2D eigenvalue weighted by atomic mass is 19.1. The Morgan fingerprint density at radius 1 is 0.914 bits per heavy atom. The topological polar surface area (TPSA) is 49.4 Å². The summed E-state index contributed by atoms with van der Waals surface area (Å²) in [6.45, 7) is 0.414. The fourth-order valence-electron chi connectivity index (χ4n) is 5.57. The molecule has 5 rings (SSSR count). The van der Waals surface area contributed by atoms with E-state index in [0.29, 0.717) is 24.1 Å². The first-order valence-electron chi connectivity index (χ1n) is 12.2. The van der Waals surface area contributed by atoms with Crippen LogP contribution in [0.15, 0.2) is 72.8 Å². The molecule has 35 heavy (non-hydrogen) atoms. The van der Waals surface area contributed by atoms with E-state index < -0.39 is 23.6 Å². The van der Waals surface area contributed by atoms with Crippen molar-refractivity contribution in [3.8, 4) is 0 Å². The van der Waals surface area contributed by atoms with Crippen molar-refractivity contribution in [2.24, 2.45) is 0 Å². The number of hydrogen-bond acceptors (Lipinski definition) is 2. The summed E-state index contributed by atoms with van der Waals surface area (Å²) in [5.74, 6) is -2.70. The molecule has 0 spiro atoms. The van der Waals surface area contributed by atoms with Gasteiger partial charge in [0.15, 0.2) is 0 Å². The molecule has 1 fully saturated rings. The van der Waals surface area contributed by atoms with Crippen LogP contribution in [0.1, 0.15) is 64.7 Å². The number of rotatable bonds is 6. The van der Waals surface area contributed by atoms with E-state index in [4.69, 9.17) is 0 Å². The molecule has 0 unspecified atom stereocenters. The lowest BCUT2D eigenvalue weighted by Crippen LogP contribution is -2.51. The Kier molecular flexibility index (Phi) is 6.62. The second-order valence-corrected chi connectivity index (χ2v) is 9.35. The lowest BCUT2D eigenvalue weighted by atomic mass is 9.78. The van der Waals surface area contributed by atoms with Gasteiger partial charge in [-0.25, -0.2) is 8.78 Å². The Morgan fingerprint density at radius 2 is 1.63 bits per heavy atom. The van der Waals surface area contributed by atoms with Gasteiger partial charge in [0.2, 0.25) is 5.91 Å². The van der Waals surface area contributed by atoms with Crippen molar-refractivity contribution in [3.63, 3.8) is 0 Å². The Labute approximate surface area is 204 Å². The Hall–Kier alpha value is -3.54. The van der Waals surface area contributed by atoms with Crippen LogP contribution in [0.2, 0.25) is 0 Å². The number of hydrogen-bond donors (Lipinski definition) is 1. The number of halogens is 2. The highest BCUT2D eigenvalue weighted by Crippen LogP contribution is 2.46. The third-order valence-electron chi connectivity index (χ3n) is 7.21. The lowest BCUT2D eigenvalue weighted by Gasteiger charge is -2.45. The molecule has 6 heteroatoms. The third-order valence-corrected chi connectivity index (χ3v) is 7.21. The molecule has 3 aromatic carbocycles. The molecule has 1 aliphatic carbocycles. The van der Waals surface area contributed by atoms with Crippen LogP contribution in [0.3, 0.4) is 0 Å². The van der Waals surface area contributed by atoms with Gasteiger partial charge in [-0.1, -0.05) is 67.4 Å². The summed E-state index contributed by atoms with van der Waals surface area (Å²) in [5.41, 5.74) is 2.32. The van der Waals surface area contributed by atoms with Crippen molar-refractivity contribution >= 4 is 11.8 Å². The van der Waals surface area contributed by atoms with Crippen molar-refractivity contribution in [1.82, 2.24) is 10.2 Å². The van der Waals surface area contributed by atoms with Crippen LogP contribution >= 0.6 is 0 Å². The molecule has 0 radical (unpaired) electrons. The molecule has 1 aliphatic heterocycles. The first kappa shape index (κ1) is 23.2. The van der Waals surface area contributed by atoms with E-state index in [-0.39, 0.29) is 23.4 Å². The average Bonchev–Trinajstić information content (AvgIpc) is 3.39. The number of carbonyl (C=O) groups excluding carboxylic acids is 2. The highest BCUT2D eigenvalue weighted by molar-refractivity contribution is 6.01. The summed E-state index contributed by atoms with van der Waals surface area (Å²) in [7, 11) is 0. The van der Waals surface area contributed by atoms with Crippen molar-refractivity contribution in [1.29, 1.82) is 0 Å². The fourth-order valence-corrected chi connectivity index (χ4v) is 5.57. The van der Waals surface area contributed by atoms with E-state index in [9.17, 15) is 14.0 Å². The molecular weight excluding hydrogens is 446 g/mol. The fraction of sp³-hybridized carbons (Fsp3) is 0.310. The summed E-state index contributed by atoms with van der Waals surface area (Å²) in [6, 6.07) is 19.4. The molecule has 4 nitrogen and oxygen atoms in total. The molecule has 0 saturated heterocycles. The Balaban J connectivity index is 1.55. The normalized spacial score (nSPS) is 20.1. The summed E-state index contributed by atoms with van der Waals surface area (Å²) in [6.07, 6.45) is 4.21. The number of amides is 2. The van der Waals surface area contributed by atoms with Crippen LogP contribution in [-0.4, -0.2) is 29.3 Å². The average molecular weight is 475 g/mol. The van der Waals surface area contributed by atoms with Gasteiger partial charge in [0.05, 0.1) is 12.0 Å². The molecule has 3 aromatic rings. The maximum atomic E-state index is 15.2. The van der Waals surface area contributed by atoms with E-state index in [1.807, 2.05) is 30.3 Å². The van der Waals surface area contributed by atoms with Crippen LogP contribution in [-0.2, 0) is 11.2 Å². The largest absolute Gasteiger partial charge is 0.355 e. The molecule has 1 saturated carbocycles. The van der Waals surface area contributed by atoms with Gasteiger partial charge in [-0.15, -0.1) is 0 Å². The number of carbonyl (C=O) groups is 2. The highest BCUT2D eigenvalue weighted by Gasteiger charge is 2.47. The van der Waals surface area contributed by atoms with Crippen LogP contribution in [0.5, 0.6) is 0 Å². The van der Waals surface area contributed by atoms with Gasteiger partial charge in [-0.2, -0.15) is 0 Å². The molecular formula is C29H28F2N2O2. The quantitative estimate of drug-likeness (QED) is 0.510. The molecule has 2 atom stereocenters. The van der Waals surface area contributed by atoms with E-state index in [2.05, 4.69) is 5.32 Å². The second kappa shape index (κ2) is 9.98. The number of benzene rings is 3. The van der Waals surface area contributed by atoms with Crippen LogP contribution < -0.4 is 5.32 Å². The maximum Gasteiger partial charge on any atom is 0.254 e. The third kappa shape index (κ3) is 4.57. The predicted molar refractivity (Wildman–Crippen MR) is 130 cm³/mol. The van der Waals surface area contributed by atoms with E-state index in [1.54, 1.807) is 29.2 Å². The van der Waals surface area contributed by atoms with Crippen molar-refractivity contribution in [2.45, 2.75) is 50.1 Å². The Morgan fingerprint density at radius 3 is 2.37 bits per heavy atom. The number of nitrogens with one attached hydrogen (secondary N) is 1. The number of fused-ring (bicyclic) bond motifs is 1. The molecule has 1 heterocycles. The standard InChI is InChI=1S/C29H28F2N2O2/c30-20-14-15-24(25(31)18-20)27-26(28(34)32-17-16-19-8-2-1-3-9-19)22-12-6-7-13-23(22)29(35)33(27)21-10-4-5-11-21/h1-3,6-9,12-15,18,21,26-27H,4-5,10-11,16-17H2,(H,32,34)/t26-,27+/m1/s1. The predicted octanol–water partition coefficient (Wildman–Crippen LogP) is 5.55. The van der Waals surface area contributed by atoms with Crippen LogP contribution in [0, 0.1) is 11.6 Å².